The summed E-state index contributed by atoms with van der Waals surface area (Å²) in [6.07, 6.45) is 1.62. The number of nitrogens with zero attached hydrogens (tertiary/aromatic N) is 5. The van der Waals surface area contributed by atoms with Gasteiger partial charge in [0.25, 0.3) is 5.91 Å². The largest absolute Gasteiger partial charge is 0.379 e. The van der Waals surface area contributed by atoms with Crippen LogP contribution in [0.3, 0.4) is 0 Å². The van der Waals surface area contributed by atoms with Gasteiger partial charge in [-0.05, 0) is 24.0 Å². The van der Waals surface area contributed by atoms with Crippen LogP contribution in [0, 0.1) is 16.7 Å². The van der Waals surface area contributed by atoms with Gasteiger partial charge in [-0.2, -0.15) is 15.0 Å². The molecule has 10 heteroatoms. The lowest BCUT2D eigenvalue weighted by molar-refractivity contribution is -0.134. The molecular weight excluding hydrogens is 482 g/mol. The highest BCUT2D eigenvalue weighted by Gasteiger charge is 2.34. The number of hydrogen-bond donors (Lipinski definition) is 2. The molecule has 0 bridgehead atoms. The summed E-state index contributed by atoms with van der Waals surface area (Å²) in [7, 11) is 0. The Morgan fingerprint density at radius 3 is 2.47 bits per heavy atom. The van der Waals surface area contributed by atoms with E-state index in [1.807, 2.05) is 49.9 Å². The quantitative estimate of drug-likeness (QED) is 0.569. The predicted molar refractivity (Wildman–Crippen MR) is 144 cm³/mol. The van der Waals surface area contributed by atoms with Crippen molar-refractivity contribution in [1.82, 2.24) is 19.6 Å². The molecule has 2 saturated heterocycles. The van der Waals surface area contributed by atoms with E-state index in [9.17, 15) is 14.9 Å². The van der Waals surface area contributed by atoms with E-state index >= 15 is 0 Å². The van der Waals surface area contributed by atoms with Gasteiger partial charge in [-0.15, -0.1) is 0 Å². The van der Waals surface area contributed by atoms with Crippen LogP contribution in [-0.4, -0.2) is 77.3 Å². The van der Waals surface area contributed by atoms with Crippen LogP contribution in [0.15, 0.2) is 24.3 Å². The molecule has 3 heterocycles. The molecule has 2 aliphatic rings. The lowest BCUT2D eigenvalue weighted by atomic mass is 9.92. The summed E-state index contributed by atoms with van der Waals surface area (Å²) in [5, 5.41) is 18.3. The van der Waals surface area contributed by atoms with Crippen LogP contribution in [0.5, 0.6) is 0 Å². The highest BCUT2D eigenvalue weighted by Crippen LogP contribution is 2.33. The molecule has 2 aliphatic heterocycles. The van der Waals surface area contributed by atoms with Crippen molar-refractivity contribution in [2.75, 3.05) is 51.3 Å². The first kappa shape index (κ1) is 27.8. The standard InChI is InChI=1S/C28H39N7O3/c1-28(2,3)27(37)35-26(31-17-21-8-6-20(15-29)7-9-21)23(16-30)25(32-35)22-5-4-10-34(18-22)24(36)19-33-11-13-38-14-12-33/h6-9,22,31H,4-5,10-15,17-19,29H2,1-3H3. The van der Waals surface area contributed by atoms with Crippen LogP contribution in [-0.2, 0) is 22.6 Å². The van der Waals surface area contributed by atoms with Gasteiger partial charge in [0, 0.05) is 50.6 Å². The molecule has 1 aromatic carbocycles. The van der Waals surface area contributed by atoms with E-state index in [0.29, 0.717) is 63.0 Å². The first-order valence-corrected chi connectivity index (χ1v) is 13.4. The molecule has 1 atom stereocenters. The molecular formula is C28H39N7O3. The number of carbonyl (C=O) groups is 2. The highest BCUT2D eigenvalue weighted by atomic mass is 16.5. The Morgan fingerprint density at radius 1 is 1.16 bits per heavy atom. The number of anilines is 1. The van der Waals surface area contributed by atoms with Gasteiger partial charge in [0.1, 0.15) is 11.6 Å². The van der Waals surface area contributed by atoms with Crippen molar-refractivity contribution in [2.45, 2.75) is 52.6 Å². The van der Waals surface area contributed by atoms with Crippen molar-refractivity contribution in [3.63, 3.8) is 0 Å². The maximum absolute atomic E-state index is 13.4. The summed E-state index contributed by atoms with van der Waals surface area (Å²) in [5.74, 6) is 0.171. The Labute approximate surface area is 224 Å². The van der Waals surface area contributed by atoms with Gasteiger partial charge < -0.3 is 20.7 Å². The third kappa shape index (κ3) is 6.41. The maximum Gasteiger partial charge on any atom is 0.254 e. The van der Waals surface area contributed by atoms with Crippen LogP contribution in [0.4, 0.5) is 5.82 Å². The second-order valence-electron chi connectivity index (χ2n) is 11.1. The fraction of sp³-hybridized carbons (Fsp3) is 0.571. The van der Waals surface area contributed by atoms with Gasteiger partial charge in [0.15, 0.2) is 5.82 Å². The molecule has 10 nitrogen and oxygen atoms in total. The Morgan fingerprint density at radius 2 is 1.84 bits per heavy atom. The number of aromatic nitrogens is 2. The maximum atomic E-state index is 13.4. The van der Waals surface area contributed by atoms with E-state index in [4.69, 9.17) is 15.6 Å². The third-order valence-corrected chi connectivity index (χ3v) is 7.20. The van der Waals surface area contributed by atoms with Crippen LogP contribution in [0.25, 0.3) is 0 Å². The summed E-state index contributed by atoms with van der Waals surface area (Å²) in [6.45, 7) is 10.8. The minimum Gasteiger partial charge on any atom is -0.379 e. The number of rotatable bonds is 7. The molecule has 0 radical (unpaired) electrons. The molecule has 2 aromatic rings. The van der Waals surface area contributed by atoms with Gasteiger partial charge in [0.2, 0.25) is 5.91 Å². The molecule has 0 aliphatic carbocycles. The van der Waals surface area contributed by atoms with Gasteiger partial charge >= 0.3 is 0 Å². The van der Waals surface area contributed by atoms with Crippen LogP contribution in [0.1, 0.15) is 66.7 Å². The second kappa shape index (κ2) is 12.1. The first-order valence-electron chi connectivity index (χ1n) is 13.4. The molecule has 1 unspecified atom stereocenters. The summed E-state index contributed by atoms with van der Waals surface area (Å²) < 4.78 is 6.75. The fourth-order valence-electron chi connectivity index (χ4n) is 4.92. The van der Waals surface area contributed by atoms with Crippen molar-refractivity contribution in [1.29, 1.82) is 5.26 Å². The van der Waals surface area contributed by atoms with Gasteiger partial charge in [0.05, 0.1) is 25.5 Å². The number of ether oxygens (including phenoxy) is 1. The van der Waals surface area contributed by atoms with Crippen molar-refractivity contribution in [2.24, 2.45) is 11.1 Å². The molecule has 1 aromatic heterocycles. The second-order valence-corrected chi connectivity index (χ2v) is 11.1. The fourth-order valence-corrected chi connectivity index (χ4v) is 4.92. The molecule has 204 valence electrons. The molecule has 4 rings (SSSR count). The van der Waals surface area contributed by atoms with E-state index in [-0.39, 0.29) is 17.7 Å². The molecule has 2 fully saturated rings. The molecule has 0 spiro atoms. The van der Waals surface area contributed by atoms with E-state index < -0.39 is 5.41 Å². The van der Waals surface area contributed by atoms with Gasteiger partial charge in [-0.25, -0.2) is 0 Å². The summed E-state index contributed by atoms with van der Waals surface area (Å²) in [5.41, 5.74) is 8.00. The topological polar surface area (TPSA) is 130 Å². The Kier molecular flexibility index (Phi) is 8.82. The summed E-state index contributed by atoms with van der Waals surface area (Å²) >= 11 is 0. The Balaban J connectivity index is 1.58. The number of carbonyl (C=O) groups excluding carboxylic acids is 2. The van der Waals surface area contributed by atoms with Crippen molar-refractivity contribution in [3.05, 3.63) is 46.6 Å². The predicted octanol–water partition coefficient (Wildman–Crippen LogP) is 2.55. The zero-order valence-corrected chi connectivity index (χ0v) is 22.7. The molecule has 38 heavy (non-hydrogen) atoms. The molecule has 3 N–H and O–H groups in total. The Bertz CT molecular complexity index is 1170. The third-order valence-electron chi connectivity index (χ3n) is 7.20. The smallest absolute Gasteiger partial charge is 0.254 e. The SMILES string of the molecule is CC(C)(C)C(=O)n1nc(C2CCCN(C(=O)CN3CCOCC3)C2)c(C#N)c1NCc1ccc(CN)cc1. The number of morpholine rings is 1. The zero-order chi connectivity index (χ0) is 27.3. The van der Waals surface area contributed by atoms with E-state index in [1.165, 1.54) is 4.68 Å². The lowest BCUT2D eigenvalue weighted by Crippen LogP contribution is -2.47. The van der Waals surface area contributed by atoms with Crippen LogP contribution < -0.4 is 11.1 Å². The van der Waals surface area contributed by atoms with Gasteiger partial charge in [-0.3, -0.25) is 14.5 Å². The number of amides is 1. The number of nitrogens with two attached hydrogens (primary N) is 1. The lowest BCUT2D eigenvalue weighted by Gasteiger charge is -2.34. The normalized spacial score (nSPS) is 18.7. The summed E-state index contributed by atoms with van der Waals surface area (Å²) in [4.78, 5) is 30.5. The number of likely N-dealkylation sites (tertiary alicyclic amines) is 1. The highest BCUT2D eigenvalue weighted by molar-refractivity contribution is 5.87. The summed E-state index contributed by atoms with van der Waals surface area (Å²) in [6, 6.07) is 10.2. The van der Waals surface area contributed by atoms with Gasteiger partial charge in [-0.1, -0.05) is 45.0 Å². The first-order chi connectivity index (χ1) is 18.2. The average molecular weight is 522 g/mol. The van der Waals surface area contributed by atoms with Crippen molar-refractivity contribution >= 4 is 17.6 Å². The Hall–Kier alpha value is -3.26. The van der Waals surface area contributed by atoms with E-state index in [0.717, 1.165) is 37.1 Å². The van der Waals surface area contributed by atoms with Crippen LogP contribution in [0.2, 0.25) is 0 Å². The van der Waals surface area contributed by atoms with Crippen molar-refractivity contribution in [3.8, 4) is 6.07 Å². The minimum atomic E-state index is -0.693. The van der Waals surface area contributed by atoms with Crippen LogP contribution >= 0.6 is 0 Å². The van der Waals surface area contributed by atoms with E-state index in [1.54, 1.807) is 0 Å². The number of nitrogens with one attached hydrogen (secondary N) is 1. The number of nitriles is 1. The number of piperidine rings is 1. The minimum absolute atomic E-state index is 0.0829. The zero-order valence-electron chi connectivity index (χ0n) is 22.7. The average Bonchev–Trinajstić information content (AvgIpc) is 3.30. The molecule has 1 amide bonds. The number of hydrogen-bond acceptors (Lipinski definition) is 8. The number of benzene rings is 1. The monoisotopic (exact) mass is 521 g/mol. The van der Waals surface area contributed by atoms with Crippen molar-refractivity contribution < 1.29 is 14.3 Å². The molecule has 0 saturated carbocycles. The van der Waals surface area contributed by atoms with E-state index in [2.05, 4.69) is 16.3 Å².